The van der Waals surface area contributed by atoms with E-state index in [4.69, 9.17) is 20.2 Å². The second-order valence-corrected chi connectivity index (χ2v) is 27.0. The number of aromatic hydroxyl groups is 2. The molecule has 11 nitrogen and oxygen atoms in total. The number of ether oxygens (including phenoxy) is 2. The molecule has 1 aliphatic heterocycles. The molecule has 424 valence electrons. The lowest BCUT2D eigenvalue weighted by Crippen LogP contribution is -2.59. The van der Waals surface area contributed by atoms with Gasteiger partial charge in [-0.05, 0) is 190 Å². The minimum Gasteiger partial charge on any atom is -0.508 e. The highest BCUT2D eigenvalue weighted by Crippen LogP contribution is 2.73. The van der Waals surface area contributed by atoms with Crippen LogP contribution in [0.1, 0.15) is 198 Å². The van der Waals surface area contributed by atoms with Crippen LogP contribution in [0.5, 0.6) is 17.2 Å². The van der Waals surface area contributed by atoms with Gasteiger partial charge in [-0.15, -0.1) is 0 Å². The molecule has 3 aromatic carbocycles. The first-order valence-corrected chi connectivity index (χ1v) is 30.9. The van der Waals surface area contributed by atoms with Crippen LogP contribution in [0.3, 0.4) is 0 Å². The third-order valence-electron chi connectivity index (χ3n) is 22.4. The van der Waals surface area contributed by atoms with Crippen LogP contribution in [0.25, 0.3) is 0 Å². The number of fused-ring (bicyclic) bond motifs is 10. The van der Waals surface area contributed by atoms with Gasteiger partial charge in [0.25, 0.3) is 0 Å². The van der Waals surface area contributed by atoms with Crippen LogP contribution < -0.4 is 15.8 Å². The average molecular weight is 1080 g/mol. The van der Waals surface area contributed by atoms with Crippen molar-refractivity contribution in [1.29, 1.82) is 0 Å². The van der Waals surface area contributed by atoms with Gasteiger partial charge < -0.3 is 46.1 Å². The Hall–Kier alpha value is -5.38. The van der Waals surface area contributed by atoms with Crippen molar-refractivity contribution >= 4 is 11.7 Å². The number of nitrogens with zero attached hydrogens (tertiary/aromatic N) is 1. The van der Waals surface area contributed by atoms with Crippen LogP contribution in [-0.4, -0.2) is 82.5 Å². The predicted molar refractivity (Wildman–Crippen MR) is 310 cm³/mol. The van der Waals surface area contributed by atoms with Crippen LogP contribution in [0.4, 0.5) is 0 Å². The van der Waals surface area contributed by atoms with Gasteiger partial charge in [0.15, 0.2) is 23.2 Å². The van der Waals surface area contributed by atoms with E-state index in [1.54, 1.807) is 7.11 Å². The van der Waals surface area contributed by atoms with Crippen LogP contribution >= 0.6 is 0 Å². The number of benzene rings is 3. The Kier molecular flexibility index (Phi) is 14.2. The molecule has 13 rings (SSSR count). The second-order valence-electron chi connectivity index (χ2n) is 27.0. The van der Waals surface area contributed by atoms with Gasteiger partial charge in [0, 0.05) is 65.2 Å². The van der Waals surface area contributed by atoms with Crippen molar-refractivity contribution in [3.05, 3.63) is 122 Å². The van der Waals surface area contributed by atoms with Crippen LogP contribution in [0.2, 0.25) is 0 Å². The third-order valence-corrected chi connectivity index (χ3v) is 22.4. The fourth-order valence-electron chi connectivity index (χ4n) is 19.2. The van der Waals surface area contributed by atoms with E-state index in [1.807, 2.05) is 18.2 Å². The normalized spacial score (nSPS) is 35.3. The second kappa shape index (κ2) is 21.1. The van der Waals surface area contributed by atoms with Gasteiger partial charge in [-0.1, -0.05) is 92.2 Å². The van der Waals surface area contributed by atoms with Gasteiger partial charge in [-0.2, -0.15) is 0 Å². The zero-order valence-corrected chi connectivity index (χ0v) is 47.3. The number of nitrogens with one attached hydrogen (secondary N) is 1. The summed E-state index contributed by atoms with van der Waals surface area (Å²) in [5, 5.41) is 64.4. The highest BCUT2D eigenvalue weighted by atomic mass is 16.5. The first-order valence-electron chi connectivity index (χ1n) is 30.9. The maximum Gasteiger partial charge on any atom is 0.189 e. The third kappa shape index (κ3) is 8.98. The number of phenolic OH excluding ortho intramolecular Hbond substituents is 2. The summed E-state index contributed by atoms with van der Waals surface area (Å²) in [5.74, 6) is 7.53. The van der Waals surface area contributed by atoms with Crippen molar-refractivity contribution in [2.75, 3.05) is 26.9 Å². The molecule has 8 N–H and O–H groups in total. The van der Waals surface area contributed by atoms with Gasteiger partial charge in [-0.25, -0.2) is 4.99 Å². The molecule has 2 spiro atoms. The van der Waals surface area contributed by atoms with Gasteiger partial charge in [0.2, 0.25) is 0 Å². The van der Waals surface area contributed by atoms with E-state index >= 15 is 4.79 Å². The van der Waals surface area contributed by atoms with Crippen molar-refractivity contribution in [3.8, 4) is 29.1 Å². The highest BCUT2D eigenvalue weighted by molar-refractivity contribution is 5.98. The molecule has 12 unspecified atom stereocenters. The first kappa shape index (κ1) is 53.9. The molecule has 5 saturated carbocycles. The average Bonchev–Trinajstić information content (AvgIpc) is 4.05. The summed E-state index contributed by atoms with van der Waals surface area (Å²) in [6.07, 6.45) is 23.8. The van der Waals surface area contributed by atoms with Crippen molar-refractivity contribution in [2.24, 2.45) is 50.6 Å². The number of rotatable bonds is 7. The Bertz CT molecular complexity index is 3120. The molecule has 5 fully saturated rings. The van der Waals surface area contributed by atoms with Crippen molar-refractivity contribution in [3.63, 3.8) is 0 Å². The maximum absolute atomic E-state index is 15.4. The van der Waals surface area contributed by atoms with E-state index in [0.29, 0.717) is 50.2 Å². The molecule has 10 bridgehead atoms. The molecular weight excluding hydrogens is 999 g/mol. The van der Waals surface area contributed by atoms with Crippen LogP contribution in [0.15, 0.2) is 88.5 Å². The molecule has 0 amide bonds. The fraction of sp³-hybridized carbons (Fsp3) is 0.594. The number of methoxy groups -OCH3 is 1. The van der Waals surface area contributed by atoms with Crippen LogP contribution in [0, 0.1) is 51.8 Å². The Morgan fingerprint density at radius 2 is 1.68 bits per heavy atom. The minimum absolute atomic E-state index is 0.0338. The summed E-state index contributed by atoms with van der Waals surface area (Å²) in [7, 11) is 1.80. The maximum atomic E-state index is 15.4. The number of carbonyl (C=O) groups excluding carboxylic acids is 1. The lowest BCUT2D eigenvalue weighted by Gasteiger charge is -2.64. The number of aliphatic imine (C=N–C) groups is 1. The molecule has 1 heterocycles. The van der Waals surface area contributed by atoms with E-state index < -0.39 is 33.7 Å². The zero-order valence-electron chi connectivity index (χ0n) is 47.3. The van der Waals surface area contributed by atoms with Gasteiger partial charge in [-0.3, -0.25) is 4.79 Å². The number of carbonyl (C=O) groups is 1. The van der Waals surface area contributed by atoms with E-state index in [9.17, 15) is 25.5 Å². The highest BCUT2D eigenvalue weighted by Gasteiger charge is 2.65. The minimum atomic E-state index is -0.930. The zero-order chi connectivity index (χ0) is 55.1. The molecular formula is C69H85N3O8. The van der Waals surface area contributed by atoms with Crippen molar-refractivity contribution in [2.45, 2.75) is 190 Å². The largest absolute Gasteiger partial charge is 0.508 e. The first-order chi connectivity index (χ1) is 38.8. The molecule has 11 heteroatoms. The number of ketones is 1. The molecule has 12 atom stereocenters. The Labute approximate surface area is 473 Å². The molecule has 0 radical (unpaired) electrons. The Balaban J connectivity index is 1.06. The summed E-state index contributed by atoms with van der Waals surface area (Å²) < 4.78 is 13.9. The van der Waals surface area contributed by atoms with E-state index in [2.05, 4.69) is 72.6 Å². The van der Waals surface area contributed by atoms with E-state index in [1.165, 1.54) is 11.1 Å². The lowest BCUT2D eigenvalue weighted by molar-refractivity contribution is -0.116. The summed E-state index contributed by atoms with van der Waals surface area (Å²) in [4.78, 5) is 20.9. The van der Waals surface area contributed by atoms with E-state index in [-0.39, 0.29) is 91.2 Å². The fourth-order valence-corrected chi connectivity index (χ4v) is 19.2. The summed E-state index contributed by atoms with van der Waals surface area (Å²) in [6.45, 7) is 1.92. The molecule has 0 aromatic heterocycles. The van der Waals surface area contributed by atoms with Crippen molar-refractivity contribution < 1.29 is 39.8 Å². The number of hydrogen-bond acceptors (Lipinski definition) is 11. The summed E-state index contributed by atoms with van der Waals surface area (Å²) in [6, 6.07) is 16.7. The van der Waals surface area contributed by atoms with Crippen LogP contribution in [-0.2, 0) is 21.5 Å². The number of allylic oxidation sites excluding steroid dienone is 3. The summed E-state index contributed by atoms with van der Waals surface area (Å²) in [5.41, 5.74) is 14.5. The monoisotopic (exact) mass is 1080 g/mol. The predicted octanol–water partition coefficient (Wildman–Crippen LogP) is 11.3. The molecule has 80 heavy (non-hydrogen) atoms. The molecule has 0 saturated heterocycles. The SMILES string of the molecule is COC1CCC23CC(C)CC4C2=CC2(CO)CC(CC#Cc5c(C6CCC7CC8(CO)C=CCCC8C(CO)=C7C(=O)C6)cc(OC6CCCC6)c(O)c5C3C12)N=C(N)NC1(CCCCC1)c1cccc(c1)Cc1cc(O)cc4c1. The van der Waals surface area contributed by atoms with Gasteiger partial charge in [0.05, 0.1) is 43.6 Å². The standard InChI is InChI=1S/C69H85N3O8/c1-41-26-53-46-28-43(30-49(76)31-46)27-42-12-10-13-47(29-42)69(23-7-3-8-24-69)72-65(70)71-48-14-11-17-51-52(44-19-20-45-35-66(39-74)22-9-6-18-55(66)54(38-73)60(45)57(77)32-44)33-59(80-50-15-4-5-16-50)64(78)61(51)63-62-58(79-2)21-25-68(63,34-41)56(53)37-67(62,36-48)40-75/h9-10,12-13,22,28-31,33,37,41,44-45,48,50,53,55,58,62-63,73-76,78H,3-8,14-16,18-21,23-27,32,34-36,38-40H2,1-2H3,(H3,70,71,72). The van der Waals surface area contributed by atoms with E-state index in [0.717, 1.165) is 141 Å². The quantitative estimate of drug-likeness (QED) is 0.0887. The Morgan fingerprint density at radius 1 is 0.863 bits per heavy atom. The number of Topliss-reactive ketones (excluding diaryl/α,β-unsaturated/α-hetero) is 1. The number of hydrogen-bond donors (Lipinski definition) is 7. The topological polar surface area (TPSA) is 187 Å². The number of nitrogens with two attached hydrogens (primary N) is 1. The molecule has 10 aliphatic rings. The summed E-state index contributed by atoms with van der Waals surface area (Å²) >= 11 is 0. The smallest absolute Gasteiger partial charge is 0.189 e. The number of aliphatic hydroxyl groups is 3. The molecule has 3 aromatic rings. The Morgan fingerprint density at radius 3 is 2.46 bits per heavy atom. The van der Waals surface area contributed by atoms with Crippen molar-refractivity contribution in [1.82, 2.24) is 5.32 Å². The number of guanidine groups is 1. The molecule has 9 aliphatic carbocycles. The number of aliphatic hydroxyl groups excluding tert-OH is 3. The van der Waals surface area contributed by atoms with Gasteiger partial charge in [0.1, 0.15) is 5.75 Å². The van der Waals surface area contributed by atoms with Gasteiger partial charge >= 0.3 is 0 Å². The lowest BCUT2D eigenvalue weighted by atomic mass is 9.40. The number of phenols is 2.